The molecule has 2 N–H and O–H groups in total. The average molecular weight is 303 g/mol. The average Bonchev–Trinajstić information content (AvgIpc) is 2.65. The lowest BCUT2D eigenvalue weighted by atomic mass is 10.2. The first-order valence-corrected chi connectivity index (χ1v) is 5.85. The molecule has 0 bridgehead atoms. The zero-order valence-corrected chi connectivity index (χ0v) is 10.6. The summed E-state index contributed by atoms with van der Waals surface area (Å²) in [7, 11) is 0. The second-order valence-electron chi connectivity index (χ2n) is 3.21. The summed E-state index contributed by atoms with van der Waals surface area (Å²) in [5.41, 5.74) is 6.19. The van der Waals surface area contributed by atoms with Gasteiger partial charge in [0, 0.05) is 21.5 Å². The summed E-state index contributed by atoms with van der Waals surface area (Å²) in [6.45, 7) is 0.498. The minimum Gasteiger partial charge on any atom is -0.334 e. The van der Waals surface area contributed by atoms with Gasteiger partial charge in [-0.1, -0.05) is 32.7 Å². The van der Waals surface area contributed by atoms with E-state index < -0.39 is 0 Å². The van der Waals surface area contributed by atoms with Crippen LogP contribution in [0.4, 0.5) is 0 Å². The molecular weight excluding hydrogens is 293 g/mol. The highest BCUT2D eigenvalue weighted by atomic mass is 79.9. The van der Waals surface area contributed by atoms with Gasteiger partial charge in [0.1, 0.15) is 0 Å². The SMILES string of the molecule is NCCc1noc(-c2cc(Cl)cc(Br)c2)n1. The van der Waals surface area contributed by atoms with Gasteiger partial charge >= 0.3 is 0 Å². The van der Waals surface area contributed by atoms with Crippen molar-refractivity contribution in [3.63, 3.8) is 0 Å². The molecule has 1 heterocycles. The van der Waals surface area contributed by atoms with Crippen molar-refractivity contribution < 1.29 is 4.52 Å². The molecule has 2 aromatic rings. The number of halogens is 2. The van der Waals surface area contributed by atoms with Crippen LogP contribution in [0.15, 0.2) is 27.2 Å². The lowest BCUT2D eigenvalue weighted by molar-refractivity contribution is 0.422. The minimum atomic E-state index is 0.451. The summed E-state index contributed by atoms with van der Waals surface area (Å²) in [6.07, 6.45) is 0.602. The highest BCUT2D eigenvalue weighted by Gasteiger charge is 2.09. The van der Waals surface area contributed by atoms with Crippen molar-refractivity contribution in [1.82, 2.24) is 10.1 Å². The molecule has 6 heteroatoms. The maximum absolute atomic E-state index is 5.93. The van der Waals surface area contributed by atoms with Crippen molar-refractivity contribution in [2.45, 2.75) is 6.42 Å². The predicted molar refractivity (Wildman–Crippen MR) is 65.2 cm³/mol. The highest BCUT2D eigenvalue weighted by molar-refractivity contribution is 9.10. The van der Waals surface area contributed by atoms with E-state index in [9.17, 15) is 0 Å². The molecule has 1 aromatic carbocycles. The van der Waals surface area contributed by atoms with Crippen LogP contribution in [0.1, 0.15) is 5.82 Å². The van der Waals surface area contributed by atoms with Crippen molar-refractivity contribution in [3.05, 3.63) is 33.5 Å². The summed E-state index contributed by atoms with van der Waals surface area (Å²) in [5, 5.41) is 4.43. The molecule has 0 radical (unpaired) electrons. The molecule has 0 saturated heterocycles. The number of aromatic nitrogens is 2. The third-order valence-electron chi connectivity index (χ3n) is 1.95. The van der Waals surface area contributed by atoms with Crippen LogP contribution in [0.5, 0.6) is 0 Å². The van der Waals surface area contributed by atoms with Gasteiger partial charge in [-0.05, 0) is 24.7 Å². The smallest absolute Gasteiger partial charge is 0.258 e. The van der Waals surface area contributed by atoms with Gasteiger partial charge < -0.3 is 10.3 Å². The third-order valence-corrected chi connectivity index (χ3v) is 2.62. The molecule has 0 unspecified atom stereocenters. The van der Waals surface area contributed by atoms with Crippen LogP contribution >= 0.6 is 27.5 Å². The first kappa shape index (κ1) is 11.6. The van der Waals surface area contributed by atoms with Crippen molar-refractivity contribution in [3.8, 4) is 11.5 Å². The van der Waals surface area contributed by atoms with Gasteiger partial charge in [-0.2, -0.15) is 4.98 Å². The monoisotopic (exact) mass is 301 g/mol. The fraction of sp³-hybridized carbons (Fsp3) is 0.200. The second-order valence-corrected chi connectivity index (χ2v) is 4.56. The van der Waals surface area contributed by atoms with Crippen LogP contribution in [0.3, 0.4) is 0 Å². The van der Waals surface area contributed by atoms with Crippen molar-refractivity contribution in [1.29, 1.82) is 0 Å². The lowest BCUT2D eigenvalue weighted by Crippen LogP contribution is -2.03. The summed E-state index contributed by atoms with van der Waals surface area (Å²) in [6, 6.07) is 5.43. The van der Waals surface area contributed by atoms with E-state index >= 15 is 0 Å². The van der Waals surface area contributed by atoms with Gasteiger partial charge in [0.05, 0.1) is 0 Å². The maximum atomic E-state index is 5.93. The molecule has 0 fully saturated rings. The fourth-order valence-corrected chi connectivity index (χ4v) is 2.14. The Morgan fingerprint density at radius 2 is 2.19 bits per heavy atom. The Hall–Kier alpha value is -0.910. The van der Waals surface area contributed by atoms with Crippen LogP contribution in [-0.4, -0.2) is 16.7 Å². The standard InChI is InChI=1S/C10H9BrClN3O/c11-7-3-6(4-8(12)5-7)10-14-9(1-2-13)15-16-10/h3-5H,1-2,13H2. The highest BCUT2D eigenvalue weighted by Crippen LogP contribution is 2.26. The molecule has 0 atom stereocenters. The summed E-state index contributed by atoms with van der Waals surface area (Å²) in [5.74, 6) is 1.06. The largest absolute Gasteiger partial charge is 0.334 e. The minimum absolute atomic E-state index is 0.451. The zero-order chi connectivity index (χ0) is 11.5. The summed E-state index contributed by atoms with van der Waals surface area (Å²) < 4.78 is 5.99. The van der Waals surface area contributed by atoms with Crippen molar-refractivity contribution in [2.24, 2.45) is 5.73 Å². The molecule has 1 aromatic heterocycles. The van der Waals surface area contributed by atoms with Crippen molar-refractivity contribution in [2.75, 3.05) is 6.54 Å². The number of rotatable bonds is 3. The Kier molecular flexibility index (Phi) is 3.58. The molecule has 0 aliphatic carbocycles. The van der Waals surface area contributed by atoms with Gasteiger partial charge in [-0.15, -0.1) is 0 Å². The van der Waals surface area contributed by atoms with E-state index in [2.05, 4.69) is 26.1 Å². The van der Waals surface area contributed by atoms with Gasteiger partial charge in [-0.25, -0.2) is 0 Å². The van der Waals surface area contributed by atoms with Gasteiger partial charge in [0.2, 0.25) is 0 Å². The number of nitrogens with two attached hydrogens (primary N) is 1. The third kappa shape index (κ3) is 2.61. The molecule has 0 spiro atoms. The van der Waals surface area contributed by atoms with E-state index in [1.54, 1.807) is 12.1 Å². The van der Waals surface area contributed by atoms with Crippen LogP contribution < -0.4 is 5.73 Å². The Morgan fingerprint density at radius 3 is 2.88 bits per heavy atom. The van der Waals surface area contributed by atoms with E-state index in [0.717, 1.165) is 10.0 Å². The molecule has 0 aliphatic heterocycles. The molecule has 16 heavy (non-hydrogen) atoms. The molecule has 0 aliphatic rings. The normalized spacial score (nSPS) is 10.7. The molecule has 84 valence electrons. The van der Waals surface area contributed by atoms with E-state index in [1.165, 1.54) is 0 Å². The maximum Gasteiger partial charge on any atom is 0.258 e. The van der Waals surface area contributed by atoms with Crippen LogP contribution in [0, 0.1) is 0 Å². The van der Waals surface area contributed by atoms with Crippen molar-refractivity contribution >= 4 is 27.5 Å². The Balaban J connectivity index is 2.34. The first-order valence-electron chi connectivity index (χ1n) is 4.68. The van der Waals surface area contributed by atoms with E-state index in [4.69, 9.17) is 21.9 Å². The van der Waals surface area contributed by atoms with Crippen LogP contribution in [-0.2, 0) is 6.42 Å². The van der Waals surface area contributed by atoms with E-state index in [-0.39, 0.29) is 0 Å². The van der Waals surface area contributed by atoms with E-state index in [0.29, 0.717) is 29.7 Å². The quantitative estimate of drug-likeness (QED) is 0.946. The molecule has 0 saturated carbocycles. The first-order chi connectivity index (χ1) is 7.69. The van der Waals surface area contributed by atoms with Crippen LogP contribution in [0.25, 0.3) is 11.5 Å². The van der Waals surface area contributed by atoms with Gasteiger partial charge in [-0.3, -0.25) is 0 Å². The molecule has 4 nitrogen and oxygen atoms in total. The topological polar surface area (TPSA) is 64.9 Å². The lowest BCUT2D eigenvalue weighted by Gasteiger charge is -1.97. The summed E-state index contributed by atoms with van der Waals surface area (Å²) in [4.78, 5) is 4.22. The Bertz CT molecular complexity index is 480. The van der Waals surface area contributed by atoms with Gasteiger partial charge in [0.25, 0.3) is 5.89 Å². The number of hydrogen-bond donors (Lipinski definition) is 1. The molecule has 0 amide bonds. The fourth-order valence-electron chi connectivity index (χ4n) is 1.28. The Morgan fingerprint density at radius 1 is 1.38 bits per heavy atom. The number of hydrogen-bond acceptors (Lipinski definition) is 4. The second kappa shape index (κ2) is 4.95. The summed E-state index contributed by atoms with van der Waals surface area (Å²) >= 11 is 9.28. The number of nitrogens with zero attached hydrogens (tertiary/aromatic N) is 2. The van der Waals surface area contributed by atoms with Gasteiger partial charge in [0.15, 0.2) is 5.82 Å². The molecule has 2 rings (SSSR count). The van der Waals surface area contributed by atoms with Crippen LogP contribution in [0.2, 0.25) is 5.02 Å². The molecular formula is C10H9BrClN3O. The predicted octanol–water partition coefficient (Wildman–Crippen LogP) is 2.65. The number of benzene rings is 1. The van der Waals surface area contributed by atoms with E-state index in [1.807, 2.05) is 6.07 Å². The zero-order valence-electron chi connectivity index (χ0n) is 8.28. The Labute approximate surface area is 106 Å².